The zero-order valence-electron chi connectivity index (χ0n) is 12.0. The van der Waals surface area contributed by atoms with Crippen LogP contribution in [0.3, 0.4) is 0 Å². The number of hydrogen-bond donors (Lipinski definition) is 2. The van der Waals surface area contributed by atoms with Gasteiger partial charge in [0.15, 0.2) is 0 Å². The standard InChI is InChI=1S/C16H21F3N2/c17-16(18,19)13-5-1-4-12(10-13)15(7-3-8-15)21-11-14-6-2-9-20-14/h1,4-5,10,14,20-21H,2-3,6-9,11H2. The molecular weight excluding hydrogens is 277 g/mol. The Hall–Kier alpha value is -1.07. The van der Waals surface area contributed by atoms with Gasteiger partial charge in [-0.2, -0.15) is 13.2 Å². The van der Waals surface area contributed by atoms with E-state index in [2.05, 4.69) is 10.6 Å². The predicted octanol–water partition coefficient (Wildman–Crippen LogP) is 3.43. The summed E-state index contributed by atoms with van der Waals surface area (Å²) in [6, 6.07) is 6.26. The van der Waals surface area contributed by atoms with Crippen LogP contribution in [0.25, 0.3) is 0 Å². The van der Waals surface area contributed by atoms with Crippen LogP contribution in [0.4, 0.5) is 13.2 Å². The molecule has 2 fully saturated rings. The maximum Gasteiger partial charge on any atom is 0.416 e. The minimum atomic E-state index is -4.27. The van der Waals surface area contributed by atoms with Crippen molar-refractivity contribution < 1.29 is 13.2 Å². The topological polar surface area (TPSA) is 24.1 Å². The van der Waals surface area contributed by atoms with Gasteiger partial charge in [-0.3, -0.25) is 0 Å². The van der Waals surface area contributed by atoms with E-state index in [0.29, 0.717) is 6.04 Å². The van der Waals surface area contributed by atoms with E-state index in [9.17, 15) is 13.2 Å². The Balaban J connectivity index is 1.75. The fourth-order valence-electron chi connectivity index (χ4n) is 3.34. The van der Waals surface area contributed by atoms with Gasteiger partial charge in [0.2, 0.25) is 0 Å². The molecule has 0 amide bonds. The predicted molar refractivity (Wildman–Crippen MR) is 76.0 cm³/mol. The van der Waals surface area contributed by atoms with Crippen molar-refractivity contribution in [3.05, 3.63) is 35.4 Å². The molecule has 2 nitrogen and oxygen atoms in total. The number of rotatable bonds is 4. The van der Waals surface area contributed by atoms with Gasteiger partial charge < -0.3 is 10.6 Å². The minimum absolute atomic E-state index is 0.258. The molecule has 0 aromatic heterocycles. The molecule has 1 aromatic rings. The molecule has 0 bridgehead atoms. The van der Waals surface area contributed by atoms with E-state index in [1.165, 1.54) is 18.6 Å². The first kappa shape index (κ1) is 14.9. The second-order valence-electron chi connectivity index (χ2n) is 6.19. The summed E-state index contributed by atoms with van der Waals surface area (Å²) in [6.07, 6.45) is 0.964. The molecular formula is C16H21F3N2. The molecule has 1 heterocycles. The molecule has 1 aliphatic heterocycles. The highest BCUT2D eigenvalue weighted by molar-refractivity contribution is 5.33. The summed E-state index contributed by atoms with van der Waals surface area (Å²) in [4.78, 5) is 0. The molecule has 1 unspecified atom stereocenters. The summed E-state index contributed by atoms with van der Waals surface area (Å²) >= 11 is 0. The number of hydrogen-bond acceptors (Lipinski definition) is 2. The third kappa shape index (κ3) is 3.09. The van der Waals surface area contributed by atoms with Crippen LogP contribution in [0, 0.1) is 0 Å². The number of alkyl halides is 3. The Morgan fingerprint density at radius 3 is 2.62 bits per heavy atom. The van der Waals surface area contributed by atoms with Crippen molar-refractivity contribution in [3.8, 4) is 0 Å². The first-order chi connectivity index (χ1) is 10.00. The van der Waals surface area contributed by atoms with Crippen LogP contribution in [0.2, 0.25) is 0 Å². The van der Waals surface area contributed by atoms with Crippen molar-refractivity contribution in [3.63, 3.8) is 0 Å². The van der Waals surface area contributed by atoms with Crippen LogP contribution in [-0.2, 0) is 11.7 Å². The summed E-state index contributed by atoms with van der Waals surface area (Å²) in [5.41, 5.74) is -0.0282. The average molecular weight is 298 g/mol. The van der Waals surface area contributed by atoms with Gasteiger partial charge in [0, 0.05) is 18.1 Å². The minimum Gasteiger partial charge on any atom is -0.313 e. The molecule has 1 saturated heterocycles. The van der Waals surface area contributed by atoms with Gasteiger partial charge in [-0.1, -0.05) is 12.1 Å². The van der Waals surface area contributed by atoms with E-state index in [0.717, 1.165) is 50.4 Å². The first-order valence-electron chi connectivity index (χ1n) is 7.66. The Kier molecular flexibility index (Phi) is 3.97. The molecule has 2 aliphatic rings. The Morgan fingerprint density at radius 1 is 1.24 bits per heavy atom. The lowest BCUT2D eigenvalue weighted by molar-refractivity contribution is -0.137. The van der Waals surface area contributed by atoms with Gasteiger partial charge in [0.1, 0.15) is 0 Å². The third-order valence-corrected chi connectivity index (χ3v) is 4.80. The lowest BCUT2D eigenvalue weighted by Crippen LogP contribution is -2.51. The maximum absolute atomic E-state index is 12.9. The molecule has 2 N–H and O–H groups in total. The van der Waals surface area contributed by atoms with Gasteiger partial charge in [-0.25, -0.2) is 0 Å². The summed E-state index contributed by atoms with van der Waals surface area (Å²) in [7, 11) is 0. The van der Waals surface area contributed by atoms with E-state index in [1.807, 2.05) is 6.07 Å². The largest absolute Gasteiger partial charge is 0.416 e. The first-order valence-corrected chi connectivity index (χ1v) is 7.66. The fourth-order valence-corrected chi connectivity index (χ4v) is 3.34. The van der Waals surface area contributed by atoms with Gasteiger partial charge >= 0.3 is 6.18 Å². The second-order valence-corrected chi connectivity index (χ2v) is 6.19. The quantitative estimate of drug-likeness (QED) is 0.890. The van der Waals surface area contributed by atoms with Crippen LogP contribution in [0.1, 0.15) is 43.2 Å². The highest BCUT2D eigenvalue weighted by Crippen LogP contribution is 2.42. The monoisotopic (exact) mass is 298 g/mol. The highest BCUT2D eigenvalue weighted by Gasteiger charge is 2.40. The highest BCUT2D eigenvalue weighted by atomic mass is 19.4. The molecule has 21 heavy (non-hydrogen) atoms. The molecule has 1 saturated carbocycles. The number of benzene rings is 1. The van der Waals surface area contributed by atoms with E-state index in [1.54, 1.807) is 0 Å². The van der Waals surface area contributed by atoms with Crippen LogP contribution in [0.5, 0.6) is 0 Å². The third-order valence-electron chi connectivity index (χ3n) is 4.80. The molecule has 5 heteroatoms. The Morgan fingerprint density at radius 2 is 2.05 bits per heavy atom. The molecule has 1 aromatic carbocycles. The van der Waals surface area contributed by atoms with Crippen molar-refractivity contribution in [2.24, 2.45) is 0 Å². The van der Waals surface area contributed by atoms with E-state index in [-0.39, 0.29) is 5.54 Å². The SMILES string of the molecule is FC(F)(F)c1cccc(C2(NCC3CCCN3)CCC2)c1. The van der Waals surface area contributed by atoms with Crippen LogP contribution >= 0.6 is 0 Å². The summed E-state index contributed by atoms with van der Waals surface area (Å²) in [6.45, 7) is 1.87. The Labute approximate surface area is 123 Å². The summed E-state index contributed by atoms with van der Waals surface area (Å²) in [5, 5.41) is 6.96. The van der Waals surface area contributed by atoms with Gasteiger partial charge in [0.25, 0.3) is 0 Å². The molecule has 0 spiro atoms. The van der Waals surface area contributed by atoms with Crippen molar-refractivity contribution in [2.75, 3.05) is 13.1 Å². The molecule has 0 radical (unpaired) electrons. The Bertz CT molecular complexity index is 489. The fraction of sp³-hybridized carbons (Fsp3) is 0.625. The second kappa shape index (κ2) is 5.61. The number of halogens is 3. The summed E-state index contributed by atoms with van der Waals surface area (Å²) < 4.78 is 38.6. The zero-order chi connectivity index (χ0) is 14.9. The molecule has 3 rings (SSSR count). The zero-order valence-corrected chi connectivity index (χ0v) is 12.0. The van der Waals surface area contributed by atoms with E-state index < -0.39 is 11.7 Å². The van der Waals surface area contributed by atoms with Crippen LogP contribution in [0.15, 0.2) is 24.3 Å². The molecule has 1 aliphatic carbocycles. The van der Waals surface area contributed by atoms with Crippen molar-refractivity contribution in [1.82, 2.24) is 10.6 Å². The van der Waals surface area contributed by atoms with Gasteiger partial charge in [-0.15, -0.1) is 0 Å². The lowest BCUT2D eigenvalue weighted by atomic mass is 9.71. The lowest BCUT2D eigenvalue weighted by Gasteiger charge is -2.44. The molecule has 1 atom stereocenters. The van der Waals surface area contributed by atoms with Crippen LogP contribution < -0.4 is 10.6 Å². The van der Waals surface area contributed by atoms with Crippen molar-refractivity contribution >= 4 is 0 Å². The van der Waals surface area contributed by atoms with E-state index in [4.69, 9.17) is 0 Å². The van der Waals surface area contributed by atoms with Crippen molar-refractivity contribution in [1.29, 1.82) is 0 Å². The van der Waals surface area contributed by atoms with Crippen molar-refractivity contribution in [2.45, 2.75) is 49.9 Å². The smallest absolute Gasteiger partial charge is 0.313 e. The van der Waals surface area contributed by atoms with Crippen LogP contribution in [-0.4, -0.2) is 19.1 Å². The maximum atomic E-state index is 12.9. The average Bonchev–Trinajstić information content (AvgIpc) is 2.90. The number of nitrogens with one attached hydrogen (secondary N) is 2. The van der Waals surface area contributed by atoms with Gasteiger partial charge in [0.05, 0.1) is 5.56 Å². The summed E-state index contributed by atoms with van der Waals surface area (Å²) in [5.74, 6) is 0. The van der Waals surface area contributed by atoms with Gasteiger partial charge in [-0.05, 0) is 56.3 Å². The van der Waals surface area contributed by atoms with E-state index >= 15 is 0 Å². The molecule has 116 valence electrons. The normalized spacial score (nSPS) is 24.8.